The molecule has 0 bridgehead atoms. The summed E-state index contributed by atoms with van der Waals surface area (Å²) < 4.78 is 28.7. The lowest BCUT2D eigenvalue weighted by Crippen LogP contribution is -2.15. The largest absolute Gasteiger partial charge is 0.493 e. The minimum atomic E-state index is -0.739. The van der Waals surface area contributed by atoms with Crippen molar-refractivity contribution in [3.8, 4) is 11.5 Å². The van der Waals surface area contributed by atoms with Gasteiger partial charge in [-0.1, -0.05) is 11.6 Å². The minimum absolute atomic E-state index is 0.120. The van der Waals surface area contributed by atoms with E-state index < -0.39 is 24.2 Å². The number of ether oxygens (including phenoxy) is 3. The van der Waals surface area contributed by atoms with Gasteiger partial charge < -0.3 is 14.2 Å². The summed E-state index contributed by atoms with van der Waals surface area (Å²) in [5.41, 5.74) is 0.366. The summed E-state index contributed by atoms with van der Waals surface area (Å²) in [5.74, 6) is -1.04. The summed E-state index contributed by atoms with van der Waals surface area (Å²) in [7, 11) is 1.42. The Morgan fingerprint density at radius 1 is 1.12 bits per heavy atom. The standard InChI is InChI=1S/C19H18ClFO5/c1-11(2)26-18-15(20)8-13(9-17(18)24-3)19(23)25-10-16(22)12-4-6-14(21)7-5-12/h4-9,11H,10H2,1-3H3. The molecule has 0 aliphatic heterocycles. The van der Waals surface area contributed by atoms with Crippen molar-refractivity contribution in [1.29, 1.82) is 0 Å². The van der Waals surface area contributed by atoms with Gasteiger partial charge in [-0.15, -0.1) is 0 Å². The van der Waals surface area contributed by atoms with Gasteiger partial charge in [0.25, 0.3) is 0 Å². The molecule has 0 atom stereocenters. The fourth-order valence-corrected chi connectivity index (χ4v) is 2.38. The normalized spacial score (nSPS) is 10.5. The molecule has 5 nitrogen and oxygen atoms in total. The number of esters is 1. The van der Waals surface area contributed by atoms with Crippen LogP contribution < -0.4 is 9.47 Å². The van der Waals surface area contributed by atoms with Crippen LogP contribution >= 0.6 is 11.6 Å². The molecule has 7 heteroatoms. The van der Waals surface area contributed by atoms with Gasteiger partial charge in [0.15, 0.2) is 23.9 Å². The molecule has 2 rings (SSSR count). The molecular formula is C19H18ClFO5. The summed E-state index contributed by atoms with van der Waals surface area (Å²) in [6.45, 7) is 3.19. The third kappa shape index (κ3) is 4.95. The van der Waals surface area contributed by atoms with Crippen LogP contribution in [-0.2, 0) is 4.74 Å². The molecular weight excluding hydrogens is 363 g/mol. The first-order valence-corrected chi connectivity index (χ1v) is 8.19. The average molecular weight is 381 g/mol. The maximum atomic E-state index is 12.9. The van der Waals surface area contributed by atoms with Gasteiger partial charge in [0.05, 0.1) is 23.8 Å². The third-order valence-electron chi connectivity index (χ3n) is 3.32. The van der Waals surface area contributed by atoms with Crippen LogP contribution in [0.1, 0.15) is 34.6 Å². The highest BCUT2D eigenvalue weighted by atomic mass is 35.5. The highest BCUT2D eigenvalue weighted by Crippen LogP contribution is 2.37. The molecule has 2 aromatic carbocycles. The molecule has 0 saturated heterocycles. The smallest absolute Gasteiger partial charge is 0.338 e. The van der Waals surface area contributed by atoms with Gasteiger partial charge in [-0.3, -0.25) is 4.79 Å². The molecule has 2 aromatic rings. The second-order valence-electron chi connectivity index (χ2n) is 5.66. The van der Waals surface area contributed by atoms with E-state index in [1.54, 1.807) is 0 Å². The first-order valence-electron chi connectivity index (χ1n) is 7.82. The first-order chi connectivity index (χ1) is 12.3. The maximum Gasteiger partial charge on any atom is 0.338 e. The predicted octanol–water partition coefficient (Wildman–Crippen LogP) is 4.31. The molecule has 0 spiro atoms. The zero-order valence-corrected chi connectivity index (χ0v) is 15.3. The van der Waals surface area contributed by atoms with E-state index in [0.717, 1.165) is 12.1 Å². The number of rotatable bonds is 7. The molecule has 0 N–H and O–H groups in total. The first kappa shape index (κ1) is 19.7. The van der Waals surface area contributed by atoms with E-state index in [4.69, 9.17) is 25.8 Å². The van der Waals surface area contributed by atoms with E-state index in [1.807, 2.05) is 13.8 Å². The molecule has 0 aliphatic rings. The molecule has 0 aromatic heterocycles. The molecule has 0 aliphatic carbocycles. The zero-order chi connectivity index (χ0) is 19.3. The summed E-state index contributed by atoms with van der Waals surface area (Å²) >= 11 is 6.16. The predicted molar refractivity (Wildman–Crippen MR) is 94.8 cm³/mol. The highest BCUT2D eigenvalue weighted by Gasteiger charge is 2.19. The quantitative estimate of drug-likeness (QED) is 0.529. The molecule has 26 heavy (non-hydrogen) atoms. The Labute approximate surface area is 155 Å². The number of Topliss-reactive ketones (excluding diaryl/α,β-unsaturated/α-hetero) is 1. The van der Waals surface area contributed by atoms with Gasteiger partial charge >= 0.3 is 5.97 Å². The van der Waals surface area contributed by atoms with Crippen LogP contribution in [0.4, 0.5) is 4.39 Å². The van der Waals surface area contributed by atoms with Crippen LogP contribution in [0.3, 0.4) is 0 Å². The van der Waals surface area contributed by atoms with Crippen molar-refractivity contribution in [2.45, 2.75) is 20.0 Å². The van der Waals surface area contributed by atoms with Crippen LogP contribution in [-0.4, -0.2) is 31.6 Å². The van der Waals surface area contributed by atoms with Crippen LogP contribution in [0, 0.1) is 5.82 Å². The summed E-state index contributed by atoms with van der Waals surface area (Å²) in [6.07, 6.45) is -0.132. The number of halogens is 2. The van der Waals surface area contributed by atoms with Gasteiger partial charge in [0.1, 0.15) is 5.82 Å². The second kappa shape index (κ2) is 8.67. The number of carbonyl (C=O) groups excluding carboxylic acids is 2. The van der Waals surface area contributed by atoms with Gasteiger partial charge in [0.2, 0.25) is 0 Å². The number of carbonyl (C=O) groups is 2. The van der Waals surface area contributed by atoms with Crippen molar-refractivity contribution in [2.24, 2.45) is 0 Å². The molecule has 0 heterocycles. The van der Waals surface area contributed by atoms with Crippen molar-refractivity contribution >= 4 is 23.4 Å². The van der Waals surface area contributed by atoms with Crippen molar-refractivity contribution in [3.05, 3.63) is 58.4 Å². The minimum Gasteiger partial charge on any atom is -0.493 e. The Hall–Kier alpha value is -2.60. The van der Waals surface area contributed by atoms with Crippen molar-refractivity contribution in [2.75, 3.05) is 13.7 Å². The average Bonchev–Trinajstić information content (AvgIpc) is 2.61. The lowest BCUT2D eigenvalue weighted by atomic mass is 10.1. The number of benzene rings is 2. The van der Waals surface area contributed by atoms with Gasteiger partial charge in [-0.05, 0) is 50.2 Å². The van der Waals surface area contributed by atoms with E-state index in [9.17, 15) is 14.0 Å². The van der Waals surface area contributed by atoms with Gasteiger partial charge in [0, 0.05) is 5.56 Å². The van der Waals surface area contributed by atoms with Crippen molar-refractivity contribution in [1.82, 2.24) is 0 Å². The van der Waals surface area contributed by atoms with E-state index in [0.29, 0.717) is 5.75 Å². The van der Waals surface area contributed by atoms with Crippen LogP contribution in [0.25, 0.3) is 0 Å². The van der Waals surface area contributed by atoms with E-state index in [-0.39, 0.29) is 28.0 Å². The lowest BCUT2D eigenvalue weighted by molar-refractivity contribution is 0.0474. The Morgan fingerprint density at radius 2 is 1.77 bits per heavy atom. The van der Waals surface area contributed by atoms with E-state index in [2.05, 4.69) is 0 Å². The molecule has 0 amide bonds. The van der Waals surface area contributed by atoms with Gasteiger partial charge in [-0.25, -0.2) is 9.18 Å². The fourth-order valence-electron chi connectivity index (χ4n) is 2.12. The summed E-state index contributed by atoms with van der Waals surface area (Å²) in [4.78, 5) is 24.2. The van der Waals surface area contributed by atoms with Crippen LogP contribution in [0.5, 0.6) is 11.5 Å². The number of hydrogen-bond acceptors (Lipinski definition) is 5. The van der Waals surface area contributed by atoms with Crippen LogP contribution in [0.15, 0.2) is 36.4 Å². The van der Waals surface area contributed by atoms with E-state index >= 15 is 0 Å². The molecule has 0 unspecified atom stereocenters. The number of ketones is 1. The molecule has 0 radical (unpaired) electrons. The Bertz CT molecular complexity index is 802. The summed E-state index contributed by atoms with van der Waals surface area (Å²) in [6, 6.07) is 7.77. The Balaban J connectivity index is 2.10. The number of methoxy groups -OCH3 is 1. The maximum absolute atomic E-state index is 12.9. The summed E-state index contributed by atoms with van der Waals surface area (Å²) in [5, 5.41) is 0.190. The SMILES string of the molecule is COc1cc(C(=O)OCC(=O)c2ccc(F)cc2)cc(Cl)c1OC(C)C. The number of hydrogen-bond donors (Lipinski definition) is 0. The second-order valence-corrected chi connectivity index (χ2v) is 6.07. The Kier molecular flexibility index (Phi) is 6.58. The third-order valence-corrected chi connectivity index (χ3v) is 3.60. The highest BCUT2D eigenvalue weighted by molar-refractivity contribution is 6.32. The monoisotopic (exact) mass is 380 g/mol. The lowest BCUT2D eigenvalue weighted by Gasteiger charge is -2.16. The van der Waals surface area contributed by atoms with Gasteiger partial charge in [-0.2, -0.15) is 0 Å². The zero-order valence-electron chi connectivity index (χ0n) is 14.5. The van der Waals surface area contributed by atoms with Crippen molar-refractivity contribution < 1.29 is 28.2 Å². The molecule has 138 valence electrons. The molecule has 0 fully saturated rings. The van der Waals surface area contributed by atoms with Crippen LogP contribution in [0.2, 0.25) is 5.02 Å². The fraction of sp³-hybridized carbons (Fsp3) is 0.263. The van der Waals surface area contributed by atoms with Crippen molar-refractivity contribution in [3.63, 3.8) is 0 Å². The molecule has 0 saturated carbocycles. The van der Waals surface area contributed by atoms with E-state index in [1.165, 1.54) is 31.4 Å². The topological polar surface area (TPSA) is 61.8 Å². The Morgan fingerprint density at radius 3 is 2.35 bits per heavy atom.